The summed E-state index contributed by atoms with van der Waals surface area (Å²) in [7, 11) is 0. The standard InChI is InChI=1S/C18H16Cl3NO2/c1-2-9-24-17-6-4-3-5-12(17)7-8-18(23)22-16-11-14(20)13(19)10-15(16)21/h3-8,10-11H,2,9H2,1H3,(H,22,23)/b8-7+. The molecule has 2 aromatic rings. The lowest BCUT2D eigenvalue weighted by Crippen LogP contribution is -2.08. The summed E-state index contributed by atoms with van der Waals surface area (Å²) in [5.41, 5.74) is 1.22. The number of anilines is 1. The Balaban J connectivity index is 2.10. The molecule has 0 fully saturated rings. The van der Waals surface area contributed by atoms with Gasteiger partial charge in [0.15, 0.2) is 0 Å². The molecule has 126 valence electrons. The molecular weight excluding hydrogens is 369 g/mol. The fourth-order valence-electron chi connectivity index (χ4n) is 1.92. The van der Waals surface area contributed by atoms with E-state index in [1.807, 2.05) is 31.2 Å². The van der Waals surface area contributed by atoms with Crippen LogP contribution >= 0.6 is 34.8 Å². The van der Waals surface area contributed by atoms with Gasteiger partial charge >= 0.3 is 0 Å². The highest BCUT2D eigenvalue weighted by atomic mass is 35.5. The molecule has 0 aliphatic carbocycles. The third-order valence-corrected chi connectivity index (χ3v) is 4.10. The van der Waals surface area contributed by atoms with E-state index in [-0.39, 0.29) is 5.91 Å². The Morgan fingerprint density at radius 2 is 1.83 bits per heavy atom. The first-order chi connectivity index (χ1) is 11.5. The minimum Gasteiger partial charge on any atom is -0.493 e. The Bertz CT molecular complexity index is 760. The van der Waals surface area contributed by atoms with Crippen molar-refractivity contribution >= 4 is 52.5 Å². The quantitative estimate of drug-likeness (QED) is 0.483. The Morgan fingerprint density at radius 1 is 1.12 bits per heavy atom. The molecule has 6 heteroatoms. The van der Waals surface area contributed by atoms with Crippen molar-refractivity contribution in [1.82, 2.24) is 0 Å². The molecule has 0 unspecified atom stereocenters. The fourth-order valence-corrected chi connectivity index (χ4v) is 2.51. The number of halogens is 3. The van der Waals surface area contributed by atoms with Crippen LogP contribution in [0.2, 0.25) is 15.1 Å². The number of carbonyl (C=O) groups is 1. The summed E-state index contributed by atoms with van der Waals surface area (Å²) in [6.07, 6.45) is 4.01. The van der Waals surface area contributed by atoms with Crippen molar-refractivity contribution in [2.75, 3.05) is 11.9 Å². The summed E-state index contributed by atoms with van der Waals surface area (Å²) in [6, 6.07) is 10.5. The van der Waals surface area contributed by atoms with Crippen LogP contribution in [0.4, 0.5) is 5.69 Å². The molecule has 0 saturated carbocycles. The minimum absolute atomic E-state index is 0.317. The van der Waals surface area contributed by atoms with Gasteiger partial charge in [-0.3, -0.25) is 4.79 Å². The number of amides is 1. The SMILES string of the molecule is CCCOc1ccccc1/C=C/C(=O)Nc1cc(Cl)c(Cl)cc1Cl. The van der Waals surface area contributed by atoms with Crippen LogP contribution < -0.4 is 10.1 Å². The van der Waals surface area contributed by atoms with Crippen LogP contribution in [0.3, 0.4) is 0 Å². The van der Waals surface area contributed by atoms with Crippen molar-refractivity contribution in [2.45, 2.75) is 13.3 Å². The van der Waals surface area contributed by atoms with Crippen LogP contribution in [-0.4, -0.2) is 12.5 Å². The molecule has 0 aromatic heterocycles. The maximum absolute atomic E-state index is 12.1. The zero-order valence-electron chi connectivity index (χ0n) is 13.0. The second-order valence-corrected chi connectivity index (χ2v) is 6.18. The number of ether oxygens (including phenoxy) is 1. The second-order valence-electron chi connectivity index (χ2n) is 4.96. The lowest BCUT2D eigenvalue weighted by atomic mass is 10.2. The largest absolute Gasteiger partial charge is 0.493 e. The molecule has 24 heavy (non-hydrogen) atoms. The predicted octanol–water partition coefficient (Wildman–Crippen LogP) is 6.09. The average Bonchev–Trinajstić information content (AvgIpc) is 2.56. The van der Waals surface area contributed by atoms with Gasteiger partial charge in [-0.25, -0.2) is 0 Å². The lowest BCUT2D eigenvalue weighted by Gasteiger charge is -2.08. The Kier molecular flexibility index (Phi) is 6.98. The van der Waals surface area contributed by atoms with Crippen molar-refractivity contribution in [3.05, 3.63) is 63.1 Å². The summed E-state index contributed by atoms with van der Waals surface area (Å²) in [6.45, 7) is 2.66. The summed E-state index contributed by atoms with van der Waals surface area (Å²) in [5, 5.41) is 3.64. The molecule has 0 spiro atoms. The highest BCUT2D eigenvalue weighted by Crippen LogP contribution is 2.32. The molecule has 0 saturated heterocycles. The molecule has 0 aliphatic rings. The van der Waals surface area contributed by atoms with Crippen LogP contribution in [-0.2, 0) is 4.79 Å². The van der Waals surface area contributed by atoms with E-state index in [0.29, 0.717) is 27.4 Å². The second kappa shape index (κ2) is 8.97. The highest BCUT2D eigenvalue weighted by molar-refractivity contribution is 6.44. The van der Waals surface area contributed by atoms with Gasteiger partial charge in [0, 0.05) is 11.6 Å². The van der Waals surface area contributed by atoms with E-state index in [9.17, 15) is 4.79 Å². The van der Waals surface area contributed by atoms with Gasteiger partial charge < -0.3 is 10.1 Å². The van der Waals surface area contributed by atoms with Crippen molar-refractivity contribution in [3.8, 4) is 5.75 Å². The van der Waals surface area contributed by atoms with Crippen LogP contribution in [0.5, 0.6) is 5.75 Å². The summed E-state index contributed by atoms with van der Waals surface area (Å²) in [5.74, 6) is 0.400. The lowest BCUT2D eigenvalue weighted by molar-refractivity contribution is -0.111. The first kappa shape index (κ1) is 18.7. The van der Waals surface area contributed by atoms with E-state index in [1.54, 1.807) is 6.08 Å². The third-order valence-electron chi connectivity index (χ3n) is 3.06. The van der Waals surface area contributed by atoms with E-state index in [0.717, 1.165) is 17.7 Å². The number of rotatable bonds is 6. The topological polar surface area (TPSA) is 38.3 Å². The monoisotopic (exact) mass is 383 g/mol. The summed E-state index contributed by atoms with van der Waals surface area (Å²) in [4.78, 5) is 12.1. The number of para-hydroxylation sites is 1. The number of carbonyl (C=O) groups excluding carboxylic acids is 1. The van der Waals surface area contributed by atoms with Crippen LogP contribution in [0.25, 0.3) is 6.08 Å². The number of hydrogen-bond donors (Lipinski definition) is 1. The van der Waals surface area contributed by atoms with E-state index >= 15 is 0 Å². The van der Waals surface area contributed by atoms with E-state index in [4.69, 9.17) is 39.5 Å². The molecule has 1 N–H and O–H groups in total. The Morgan fingerprint density at radius 3 is 2.58 bits per heavy atom. The maximum Gasteiger partial charge on any atom is 0.248 e. The van der Waals surface area contributed by atoms with Gasteiger partial charge in [0.1, 0.15) is 5.75 Å². The zero-order valence-corrected chi connectivity index (χ0v) is 15.3. The molecule has 0 atom stereocenters. The van der Waals surface area contributed by atoms with Gasteiger partial charge in [-0.15, -0.1) is 0 Å². The van der Waals surface area contributed by atoms with Crippen LogP contribution in [0.15, 0.2) is 42.5 Å². The number of benzene rings is 2. The van der Waals surface area contributed by atoms with Crippen molar-refractivity contribution < 1.29 is 9.53 Å². The molecule has 0 radical (unpaired) electrons. The highest BCUT2D eigenvalue weighted by Gasteiger charge is 2.08. The first-order valence-electron chi connectivity index (χ1n) is 7.36. The van der Waals surface area contributed by atoms with Crippen LogP contribution in [0.1, 0.15) is 18.9 Å². The smallest absolute Gasteiger partial charge is 0.248 e. The van der Waals surface area contributed by atoms with Gasteiger partial charge in [0.2, 0.25) is 5.91 Å². The number of nitrogens with one attached hydrogen (secondary N) is 1. The molecule has 2 rings (SSSR count). The van der Waals surface area contributed by atoms with E-state index in [1.165, 1.54) is 18.2 Å². The van der Waals surface area contributed by atoms with Crippen molar-refractivity contribution in [3.63, 3.8) is 0 Å². The van der Waals surface area contributed by atoms with Crippen molar-refractivity contribution in [1.29, 1.82) is 0 Å². The van der Waals surface area contributed by atoms with Gasteiger partial charge in [-0.1, -0.05) is 59.9 Å². The Hall–Kier alpha value is -1.68. The minimum atomic E-state index is -0.333. The maximum atomic E-state index is 12.1. The van der Waals surface area contributed by atoms with Gasteiger partial charge in [-0.2, -0.15) is 0 Å². The molecule has 0 heterocycles. The molecule has 2 aromatic carbocycles. The predicted molar refractivity (Wildman–Crippen MR) is 101 cm³/mol. The Labute approximate surface area is 156 Å². The summed E-state index contributed by atoms with van der Waals surface area (Å²) >= 11 is 17.8. The fraction of sp³-hybridized carbons (Fsp3) is 0.167. The molecule has 0 bridgehead atoms. The molecule has 0 aliphatic heterocycles. The molecule has 1 amide bonds. The van der Waals surface area contributed by atoms with Crippen molar-refractivity contribution in [2.24, 2.45) is 0 Å². The first-order valence-corrected chi connectivity index (χ1v) is 8.50. The van der Waals surface area contributed by atoms with E-state index < -0.39 is 0 Å². The van der Waals surface area contributed by atoms with E-state index in [2.05, 4.69) is 5.32 Å². The van der Waals surface area contributed by atoms with Gasteiger partial charge in [0.05, 0.1) is 27.4 Å². The third kappa shape index (κ3) is 5.17. The van der Waals surface area contributed by atoms with Gasteiger partial charge in [0.25, 0.3) is 0 Å². The molecule has 3 nitrogen and oxygen atoms in total. The van der Waals surface area contributed by atoms with Gasteiger partial charge in [-0.05, 0) is 30.7 Å². The summed E-state index contributed by atoms with van der Waals surface area (Å²) < 4.78 is 5.65. The average molecular weight is 385 g/mol. The normalized spacial score (nSPS) is 10.8. The number of hydrogen-bond acceptors (Lipinski definition) is 2. The zero-order chi connectivity index (χ0) is 17.5. The van der Waals surface area contributed by atoms with Crippen LogP contribution in [0, 0.1) is 0 Å². The molecular formula is C18H16Cl3NO2.